The number of esters is 1. The van der Waals surface area contributed by atoms with Gasteiger partial charge in [-0.15, -0.1) is 23.5 Å². The number of amides is 1. The minimum Gasteiger partial charge on any atom is -0.455 e. The number of ether oxygens (including phenoxy) is 1. The lowest BCUT2D eigenvalue weighted by Crippen LogP contribution is -2.25. The summed E-state index contributed by atoms with van der Waals surface area (Å²) in [5.41, 5.74) is 0.720. The predicted octanol–water partition coefficient (Wildman–Crippen LogP) is 4.07. The molecular formula is C18H19NO3S2. The largest absolute Gasteiger partial charge is 0.455 e. The Morgan fingerprint density at radius 1 is 1.08 bits per heavy atom. The van der Waals surface area contributed by atoms with E-state index in [1.165, 1.54) is 11.8 Å². The summed E-state index contributed by atoms with van der Waals surface area (Å²) < 4.78 is 5.10. The molecule has 0 saturated heterocycles. The fourth-order valence-corrected chi connectivity index (χ4v) is 3.38. The van der Waals surface area contributed by atoms with E-state index >= 15 is 0 Å². The molecule has 0 aliphatic carbocycles. The molecule has 1 N–H and O–H groups in total. The molecule has 0 aliphatic rings. The van der Waals surface area contributed by atoms with Crippen molar-refractivity contribution < 1.29 is 14.3 Å². The van der Waals surface area contributed by atoms with Gasteiger partial charge in [0.1, 0.15) is 5.25 Å². The summed E-state index contributed by atoms with van der Waals surface area (Å²) in [4.78, 5) is 25.9. The van der Waals surface area contributed by atoms with Crippen LogP contribution >= 0.6 is 23.5 Å². The zero-order valence-electron chi connectivity index (χ0n) is 13.5. The fraction of sp³-hybridized carbons (Fsp3) is 0.222. The van der Waals surface area contributed by atoms with Crippen LogP contribution in [0.2, 0.25) is 0 Å². The molecule has 6 heteroatoms. The topological polar surface area (TPSA) is 55.4 Å². The number of hydrogen-bond donors (Lipinski definition) is 1. The normalized spacial score (nSPS) is 11.6. The molecule has 2 rings (SSSR count). The monoisotopic (exact) mass is 361 g/mol. The smallest absolute Gasteiger partial charge is 0.319 e. The molecule has 0 saturated carbocycles. The highest BCUT2D eigenvalue weighted by molar-refractivity contribution is 8.00. The number of nitrogens with one attached hydrogen (secondary N) is 1. The average Bonchev–Trinajstić information content (AvgIpc) is 2.61. The van der Waals surface area contributed by atoms with Crippen LogP contribution in [0.25, 0.3) is 0 Å². The molecule has 2 aromatic carbocycles. The molecule has 0 aromatic heterocycles. The lowest BCUT2D eigenvalue weighted by molar-refractivity contribution is -0.146. The van der Waals surface area contributed by atoms with Gasteiger partial charge >= 0.3 is 5.97 Å². The number of thioether (sulfide) groups is 2. The Morgan fingerprint density at radius 3 is 2.46 bits per heavy atom. The molecule has 126 valence electrons. The summed E-state index contributed by atoms with van der Waals surface area (Å²) in [6.45, 7) is 1.47. The highest BCUT2D eigenvalue weighted by atomic mass is 32.2. The summed E-state index contributed by atoms with van der Waals surface area (Å²) >= 11 is 2.95. The number of para-hydroxylation sites is 1. The minimum atomic E-state index is -0.405. The van der Waals surface area contributed by atoms with E-state index in [9.17, 15) is 9.59 Å². The fourth-order valence-electron chi connectivity index (χ4n) is 1.94. The molecular weight excluding hydrogens is 342 g/mol. The standard InChI is InChI=1S/C18H19NO3S2/c1-13(24-14-8-4-3-5-9-14)18(21)22-12-17(20)19-15-10-6-7-11-16(15)23-2/h3-11,13H,12H2,1-2H3,(H,19,20)/t13-/m1/s1. The number of hydrogen-bond acceptors (Lipinski definition) is 5. The minimum absolute atomic E-state index is 0.290. The second-order valence-electron chi connectivity index (χ2n) is 4.93. The third-order valence-corrected chi connectivity index (χ3v) is 5.00. The Kier molecular flexibility index (Phi) is 7.21. The van der Waals surface area contributed by atoms with Crippen molar-refractivity contribution in [1.29, 1.82) is 0 Å². The third kappa shape index (κ3) is 5.62. The lowest BCUT2D eigenvalue weighted by Gasteiger charge is -2.12. The van der Waals surface area contributed by atoms with Crippen molar-refractivity contribution in [3.63, 3.8) is 0 Å². The zero-order chi connectivity index (χ0) is 17.4. The Morgan fingerprint density at radius 2 is 1.75 bits per heavy atom. The molecule has 1 atom stereocenters. The molecule has 0 unspecified atom stereocenters. The number of benzene rings is 2. The van der Waals surface area contributed by atoms with E-state index in [1.807, 2.05) is 60.9 Å². The molecule has 4 nitrogen and oxygen atoms in total. The summed E-state index contributed by atoms with van der Waals surface area (Å²) in [6, 6.07) is 17.1. The molecule has 0 radical (unpaired) electrons. The van der Waals surface area contributed by atoms with Crippen LogP contribution in [-0.2, 0) is 14.3 Å². The van der Waals surface area contributed by atoms with Gasteiger partial charge in [-0.25, -0.2) is 0 Å². The van der Waals surface area contributed by atoms with Gasteiger partial charge in [0.15, 0.2) is 6.61 Å². The van der Waals surface area contributed by atoms with Crippen LogP contribution in [0.5, 0.6) is 0 Å². The van der Waals surface area contributed by atoms with Gasteiger partial charge in [-0.1, -0.05) is 30.3 Å². The first kappa shape index (κ1) is 18.4. The lowest BCUT2D eigenvalue weighted by atomic mass is 10.3. The van der Waals surface area contributed by atoms with Crippen LogP contribution in [0.15, 0.2) is 64.4 Å². The summed E-state index contributed by atoms with van der Waals surface area (Å²) in [6.07, 6.45) is 1.94. The second kappa shape index (κ2) is 9.39. The van der Waals surface area contributed by atoms with Crippen LogP contribution in [0.4, 0.5) is 5.69 Å². The van der Waals surface area contributed by atoms with Crippen LogP contribution in [0.3, 0.4) is 0 Å². The Hall–Kier alpha value is -1.92. The van der Waals surface area contributed by atoms with E-state index in [0.29, 0.717) is 0 Å². The number of rotatable bonds is 7. The first-order valence-corrected chi connectivity index (χ1v) is 9.52. The maximum Gasteiger partial charge on any atom is 0.319 e. The van der Waals surface area contributed by atoms with Crippen molar-refractivity contribution in [3.05, 3.63) is 54.6 Å². The maximum atomic E-state index is 12.0. The summed E-state index contributed by atoms with van der Waals surface area (Å²) in [7, 11) is 0. The van der Waals surface area contributed by atoms with Crippen molar-refractivity contribution in [2.45, 2.75) is 22.0 Å². The van der Waals surface area contributed by atoms with Gasteiger partial charge in [-0.3, -0.25) is 9.59 Å². The number of carbonyl (C=O) groups is 2. The van der Waals surface area contributed by atoms with E-state index in [0.717, 1.165) is 15.5 Å². The van der Waals surface area contributed by atoms with Gasteiger partial charge < -0.3 is 10.1 Å². The van der Waals surface area contributed by atoms with E-state index in [2.05, 4.69) is 5.32 Å². The molecule has 0 fully saturated rings. The zero-order valence-corrected chi connectivity index (χ0v) is 15.2. The maximum absolute atomic E-state index is 12.0. The van der Waals surface area contributed by atoms with Gasteiger partial charge in [0.05, 0.1) is 5.69 Å². The van der Waals surface area contributed by atoms with Crippen LogP contribution in [0, 0.1) is 0 Å². The Bertz CT molecular complexity index is 692. The van der Waals surface area contributed by atoms with Gasteiger partial charge in [0.25, 0.3) is 5.91 Å². The first-order chi connectivity index (χ1) is 11.6. The van der Waals surface area contributed by atoms with Crippen LogP contribution in [0.1, 0.15) is 6.92 Å². The molecule has 2 aromatic rings. The van der Waals surface area contributed by atoms with Crippen molar-refractivity contribution in [1.82, 2.24) is 0 Å². The average molecular weight is 361 g/mol. The SMILES string of the molecule is CSc1ccccc1NC(=O)COC(=O)[C@@H](C)Sc1ccccc1. The van der Waals surface area contributed by atoms with E-state index in [-0.39, 0.29) is 17.8 Å². The van der Waals surface area contributed by atoms with Crippen LogP contribution in [-0.4, -0.2) is 30.0 Å². The first-order valence-electron chi connectivity index (χ1n) is 7.41. The van der Waals surface area contributed by atoms with Crippen molar-refractivity contribution in [3.8, 4) is 0 Å². The number of anilines is 1. The van der Waals surface area contributed by atoms with Crippen molar-refractivity contribution in [2.24, 2.45) is 0 Å². The van der Waals surface area contributed by atoms with Gasteiger partial charge in [-0.2, -0.15) is 0 Å². The second-order valence-corrected chi connectivity index (χ2v) is 7.19. The molecule has 0 bridgehead atoms. The molecule has 0 aliphatic heterocycles. The van der Waals surface area contributed by atoms with Gasteiger partial charge in [-0.05, 0) is 37.4 Å². The highest BCUT2D eigenvalue weighted by Crippen LogP contribution is 2.25. The number of carbonyl (C=O) groups excluding carboxylic acids is 2. The molecule has 1 amide bonds. The van der Waals surface area contributed by atoms with E-state index in [4.69, 9.17) is 4.74 Å². The van der Waals surface area contributed by atoms with E-state index in [1.54, 1.807) is 18.7 Å². The summed E-state index contributed by atoms with van der Waals surface area (Å²) in [5.74, 6) is -0.751. The van der Waals surface area contributed by atoms with E-state index < -0.39 is 5.97 Å². The van der Waals surface area contributed by atoms with Gasteiger partial charge in [0, 0.05) is 9.79 Å². The van der Waals surface area contributed by atoms with Crippen molar-refractivity contribution in [2.75, 3.05) is 18.2 Å². The van der Waals surface area contributed by atoms with Gasteiger partial charge in [0.2, 0.25) is 0 Å². The highest BCUT2D eigenvalue weighted by Gasteiger charge is 2.17. The Labute approximate surface area is 150 Å². The molecule has 0 heterocycles. The predicted molar refractivity (Wildman–Crippen MR) is 99.6 cm³/mol. The Balaban J connectivity index is 1.81. The molecule has 0 spiro atoms. The summed E-state index contributed by atoms with van der Waals surface area (Å²) in [5, 5.41) is 2.39. The molecule has 24 heavy (non-hydrogen) atoms. The van der Waals surface area contributed by atoms with Crippen molar-refractivity contribution >= 4 is 41.1 Å². The third-order valence-electron chi connectivity index (χ3n) is 3.11. The quantitative estimate of drug-likeness (QED) is 0.595. The van der Waals surface area contributed by atoms with Crippen LogP contribution < -0.4 is 5.32 Å².